The van der Waals surface area contributed by atoms with Crippen molar-refractivity contribution in [2.45, 2.75) is 6.92 Å². The molecule has 0 saturated heterocycles. The maximum absolute atomic E-state index is 5.90. The van der Waals surface area contributed by atoms with Crippen molar-refractivity contribution in [3.8, 4) is 11.5 Å². The molecule has 1 aliphatic heterocycles. The lowest BCUT2D eigenvalue weighted by molar-refractivity contribution is 0.172. The van der Waals surface area contributed by atoms with Gasteiger partial charge in [-0.3, -0.25) is 0 Å². The second-order valence-electron chi connectivity index (χ2n) is 3.89. The first-order valence-electron chi connectivity index (χ1n) is 5.24. The van der Waals surface area contributed by atoms with Crippen LogP contribution in [0.5, 0.6) is 11.5 Å². The predicted molar refractivity (Wildman–Crippen MR) is 65.1 cm³/mol. The lowest BCUT2D eigenvalue weighted by Gasteiger charge is -2.20. The van der Waals surface area contributed by atoms with Gasteiger partial charge in [0.15, 0.2) is 11.5 Å². The summed E-state index contributed by atoms with van der Waals surface area (Å²) in [7, 11) is 0. The first kappa shape index (κ1) is 10.7. The number of ether oxygens (including phenoxy) is 2. The second-order valence-corrected chi connectivity index (χ2v) is 3.89. The maximum Gasteiger partial charge on any atom is 0.163 e. The molecule has 0 fully saturated rings. The van der Waals surface area contributed by atoms with Gasteiger partial charge in [0.25, 0.3) is 0 Å². The summed E-state index contributed by atoms with van der Waals surface area (Å²) in [6.45, 7) is 7.64. The minimum Gasteiger partial charge on any atom is -0.486 e. The fourth-order valence-corrected chi connectivity index (χ4v) is 1.50. The van der Waals surface area contributed by atoms with E-state index in [1.54, 1.807) is 6.07 Å². The average molecular weight is 220 g/mol. The van der Waals surface area contributed by atoms with Gasteiger partial charge in [-0.2, -0.15) is 0 Å². The number of fused-ring (bicyclic) bond motifs is 1. The molecule has 0 saturated carbocycles. The van der Waals surface area contributed by atoms with Gasteiger partial charge in [0.2, 0.25) is 0 Å². The molecular weight excluding hydrogens is 204 g/mol. The highest BCUT2D eigenvalue weighted by Gasteiger charge is 2.14. The molecule has 3 N–H and O–H groups in total. The summed E-state index contributed by atoms with van der Waals surface area (Å²) in [6, 6.07) is 3.65. The standard InChI is InChI=1S/C12H16N2O2/c1-8(2)7-14-10-6-12-11(5-9(10)13)15-3-4-16-12/h5-6,14H,1,3-4,7,13H2,2H3. The summed E-state index contributed by atoms with van der Waals surface area (Å²) >= 11 is 0. The number of nitrogen functional groups attached to an aromatic ring is 1. The number of hydrogen-bond donors (Lipinski definition) is 2. The molecule has 0 radical (unpaired) electrons. The van der Waals surface area contributed by atoms with E-state index >= 15 is 0 Å². The Balaban J connectivity index is 2.21. The Labute approximate surface area is 95.0 Å². The van der Waals surface area contributed by atoms with Crippen molar-refractivity contribution in [2.75, 3.05) is 30.8 Å². The van der Waals surface area contributed by atoms with Crippen molar-refractivity contribution in [3.63, 3.8) is 0 Å². The van der Waals surface area contributed by atoms with E-state index < -0.39 is 0 Å². The van der Waals surface area contributed by atoms with Crippen LogP contribution in [0.3, 0.4) is 0 Å². The number of rotatable bonds is 3. The quantitative estimate of drug-likeness (QED) is 0.604. The fourth-order valence-electron chi connectivity index (χ4n) is 1.50. The third-order valence-corrected chi connectivity index (χ3v) is 2.29. The molecule has 0 aliphatic carbocycles. The predicted octanol–water partition coefficient (Wildman–Crippen LogP) is 2.03. The summed E-state index contributed by atoms with van der Waals surface area (Å²) in [6.07, 6.45) is 0. The molecule has 2 rings (SSSR count). The first-order valence-corrected chi connectivity index (χ1v) is 5.24. The minimum absolute atomic E-state index is 0.574. The van der Waals surface area contributed by atoms with Gasteiger partial charge in [-0.05, 0) is 6.92 Å². The van der Waals surface area contributed by atoms with E-state index in [9.17, 15) is 0 Å². The number of hydrogen-bond acceptors (Lipinski definition) is 4. The lowest BCUT2D eigenvalue weighted by atomic mass is 10.2. The fraction of sp³-hybridized carbons (Fsp3) is 0.333. The highest BCUT2D eigenvalue weighted by atomic mass is 16.6. The molecule has 4 nitrogen and oxygen atoms in total. The zero-order chi connectivity index (χ0) is 11.5. The molecule has 16 heavy (non-hydrogen) atoms. The molecule has 1 heterocycles. The van der Waals surface area contributed by atoms with Gasteiger partial charge in [-0.15, -0.1) is 0 Å². The van der Waals surface area contributed by atoms with Crippen molar-refractivity contribution in [1.29, 1.82) is 0 Å². The van der Waals surface area contributed by atoms with Gasteiger partial charge in [-0.1, -0.05) is 12.2 Å². The van der Waals surface area contributed by atoms with Crippen molar-refractivity contribution in [3.05, 3.63) is 24.3 Å². The number of nitrogens with two attached hydrogens (primary N) is 1. The molecule has 1 aromatic carbocycles. The minimum atomic E-state index is 0.574. The lowest BCUT2D eigenvalue weighted by Crippen LogP contribution is -2.16. The number of benzene rings is 1. The number of nitrogens with one attached hydrogen (secondary N) is 1. The van der Waals surface area contributed by atoms with Crippen LogP contribution in [-0.4, -0.2) is 19.8 Å². The van der Waals surface area contributed by atoms with E-state index in [1.165, 1.54) is 0 Å². The van der Waals surface area contributed by atoms with E-state index in [1.807, 2.05) is 13.0 Å². The van der Waals surface area contributed by atoms with Gasteiger partial charge < -0.3 is 20.5 Å². The summed E-state index contributed by atoms with van der Waals surface area (Å²) in [5, 5.41) is 3.20. The molecule has 1 aliphatic rings. The molecular formula is C12H16N2O2. The summed E-state index contributed by atoms with van der Waals surface area (Å²) in [5.41, 5.74) is 8.47. The SMILES string of the molecule is C=C(C)CNc1cc2c(cc1N)OCCO2. The van der Waals surface area contributed by atoms with Crippen molar-refractivity contribution >= 4 is 11.4 Å². The van der Waals surface area contributed by atoms with Crippen molar-refractivity contribution in [1.82, 2.24) is 0 Å². The molecule has 0 aromatic heterocycles. The molecule has 0 unspecified atom stereocenters. The van der Waals surface area contributed by atoms with Gasteiger partial charge >= 0.3 is 0 Å². The smallest absolute Gasteiger partial charge is 0.163 e. The third-order valence-electron chi connectivity index (χ3n) is 2.29. The van der Waals surface area contributed by atoms with Crippen molar-refractivity contribution in [2.24, 2.45) is 0 Å². The average Bonchev–Trinajstić information content (AvgIpc) is 2.26. The Bertz CT molecular complexity index is 416. The molecule has 1 aromatic rings. The summed E-state index contributed by atoms with van der Waals surface area (Å²) in [5.74, 6) is 1.45. The van der Waals surface area contributed by atoms with Crippen LogP contribution in [0.25, 0.3) is 0 Å². The van der Waals surface area contributed by atoms with Crippen LogP contribution in [0.1, 0.15) is 6.92 Å². The van der Waals surface area contributed by atoms with Crippen LogP contribution < -0.4 is 20.5 Å². The zero-order valence-corrected chi connectivity index (χ0v) is 9.38. The van der Waals surface area contributed by atoms with Gasteiger partial charge in [0.05, 0.1) is 11.4 Å². The van der Waals surface area contributed by atoms with Gasteiger partial charge in [0, 0.05) is 18.7 Å². The molecule has 0 atom stereocenters. The molecule has 86 valence electrons. The highest BCUT2D eigenvalue weighted by Crippen LogP contribution is 2.36. The second kappa shape index (κ2) is 4.35. The Hall–Kier alpha value is -1.84. The summed E-state index contributed by atoms with van der Waals surface area (Å²) in [4.78, 5) is 0. The van der Waals surface area contributed by atoms with Crippen LogP contribution in [0, 0.1) is 0 Å². The topological polar surface area (TPSA) is 56.5 Å². The van der Waals surface area contributed by atoms with Crippen LogP contribution in [0.15, 0.2) is 24.3 Å². The Morgan fingerprint density at radius 1 is 1.38 bits per heavy atom. The van der Waals surface area contributed by atoms with Crippen LogP contribution in [0.2, 0.25) is 0 Å². The monoisotopic (exact) mass is 220 g/mol. The molecule has 0 spiro atoms. The van der Waals surface area contributed by atoms with E-state index in [4.69, 9.17) is 15.2 Å². The van der Waals surface area contributed by atoms with Gasteiger partial charge in [-0.25, -0.2) is 0 Å². The normalized spacial score (nSPS) is 13.3. The highest BCUT2D eigenvalue weighted by molar-refractivity contribution is 5.72. The van der Waals surface area contributed by atoms with Crippen LogP contribution in [-0.2, 0) is 0 Å². The van der Waals surface area contributed by atoms with E-state index in [0.717, 1.165) is 17.0 Å². The van der Waals surface area contributed by atoms with E-state index in [-0.39, 0.29) is 0 Å². The van der Waals surface area contributed by atoms with E-state index in [0.29, 0.717) is 31.2 Å². The Morgan fingerprint density at radius 2 is 2.00 bits per heavy atom. The maximum atomic E-state index is 5.90. The van der Waals surface area contributed by atoms with Crippen molar-refractivity contribution < 1.29 is 9.47 Å². The first-order chi connectivity index (χ1) is 7.66. The van der Waals surface area contributed by atoms with E-state index in [2.05, 4.69) is 11.9 Å². The largest absolute Gasteiger partial charge is 0.486 e. The molecule has 4 heteroatoms. The summed E-state index contributed by atoms with van der Waals surface area (Å²) < 4.78 is 10.9. The molecule has 0 amide bonds. The third kappa shape index (κ3) is 2.21. The van der Waals surface area contributed by atoms with Crippen LogP contribution in [0.4, 0.5) is 11.4 Å². The number of anilines is 2. The Kier molecular flexibility index (Phi) is 2.90. The van der Waals surface area contributed by atoms with Gasteiger partial charge in [0.1, 0.15) is 13.2 Å². The molecule has 0 bridgehead atoms. The van der Waals surface area contributed by atoms with Crippen LogP contribution >= 0.6 is 0 Å². The Morgan fingerprint density at radius 3 is 2.62 bits per heavy atom. The zero-order valence-electron chi connectivity index (χ0n) is 9.38.